The van der Waals surface area contributed by atoms with Crippen LogP contribution in [0.1, 0.15) is 23.8 Å². The van der Waals surface area contributed by atoms with Crippen molar-refractivity contribution in [3.8, 4) is 17.0 Å². The summed E-state index contributed by atoms with van der Waals surface area (Å²) < 4.78 is 10.9. The molecule has 0 aliphatic rings. The summed E-state index contributed by atoms with van der Waals surface area (Å²) in [5, 5.41) is 0. The summed E-state index contributed by atoms with van der Waals surface area (Å²) in [5.41, 5.74) is 9.59. The fourth-order valence-electron chi connectivity index (χ4n) is 2.22. The first-order chi connectivity index (χ1) is 8.56. The van der Waals surface area contributed by atoms with Crippen molar-refractivity contribution in [1.29, 1.82) is 0 Å². The zero-order valence-corrected chi connectivity index (χ0v) is 11.2. The zero-order chi connectivity index (χ0) is 13.3. The van der Waals surface area contributed by atoms with Gasteiger partial charge in [0.2, 0.25) is 0 Å². The van der Waals surface area contributed by atoms with Gasteiger partial charge in [0.15, 0.2) is 0 Å². The monoisotopic (exact) mass is 246 g/mol. The summed E-state index contributed by atoms with van der Waals surface area (Å²) in [6.07, 6.45) is 0.746. The van der Waals surface area contributed by atoms with Crippen LogP contribution in [0.4, 0.5) is 6.01 Å². The van der Waals surface area contributed by atoms with Crippen LogP contribution in [0.3, 0.4) is 0 Å². The Morgan fingerprint density at radius 3 is 2.67 bits per heavy atom. The van der Waals surface area contributed by atoms with Crippen molar-refractivity contribution in [3.63, 3.8) is 0 Å². The molecule has 0 aliphatic carbocycles. The lowest BCUT2D eigenvalue weighted by atomic mass is 10.0. The molecule has 2 rings (SSSR count). The molecule has 0 saturated heterocycles. The van der Waals surface area contributed by atoms with E-state index in [2.05, 4.69) is 11.1 Å². The molecule has 2 N–H and O–H groups in total. The van der Waals surface area contributed by atoms with E-state index in [0.29, 0.717) is 0 Å². The maximum Gasteiger partial charge on any atom is 0.292 e. The van der Waals surface area contributed by atoms with Crippen molar-refractivity contribution >= 4 is 6.01 Å². The molecule has 4 heteroatoms. The molecule has 0 aliphatic heterocycles. The number of benzene rings is 1. The highest BCUT2D eigenvalue weighted by Crippen LogP contribution is 2.36. The number of aromatic nitrogens is 1. The van der Waals surface area contributed by atoms with Gasteiger partial charge in [0.1, 0.15) is 17.2 Å². The zero-order valence-electron chi connectivity index (χ0n) is 11.2. The van der Waals surface area contributed by atoms with E-state index >= 15 is 0 Å². The number of aryl methyl sites for hydroxylation is 3. The van der Waals surface area contributed by atoms with Crippen molar-refractivity contribution < 1.29 is 9.15 Å². The van der Waals surface area contributed by atoms with Crippen molar-refractivity contribution in [2.45, 2.75) is 27.2 Å². The number of rotatable bonds is 3. The van der Waals surface area contributed by atoms with E-state index in [9.17, 15) is 0 Å². The van der Waals surface area contributed by atoms with E-state index in [1.807, 2.05) is 26.8 Å². The molecular formula is C14H18N2O2. The van der Waals surface area contributed by atoms with Gasteiger partial charge in [-0.1, -0.05) is 13.0 Å². The minimum absolute atomic E-state index is 0.197. The van der Waals surface area contributed by atoms with Gasteiger partial charge in [0.25, 0.3) is 6.01 Å². The maximum atomic E-state index is 5.64. The highest BCUT2D eigenvalue weighted by atomic mass is 16.5. The van der Waals surface area contributed by atoms with E-state index in [-0.39, 0.29) is 6.01 Å². The van der Waals surface area contributed by atoms with E-state index in [1.165, 1.54) is 0 Å². The molecule has 0 unspecified atom stereocenters. The molecular weight excluding hydrogens is 228 g/mol. The van der Waals surface area contributed by atoms with Crippen molar-refractivity contribution in [2.24, 2.45) is 0 Å². The highest BCUT2D eigenvalue weighted by molar-refractivity contribution is 5.72. The van der Waals surface area contributed by atoms with Crippen LogP contribution < -0.4 is 10.5 Å². The van der Waals surface area contributed by atoms with Gasteiger partial charge in [0, 0.05) is 12.0 Å². The minimum Gasteiger partial charge on any atom is -0.496 e. The SMILES string of the molecule is CCc1oc(N)nc1-c1cc(C)cc(C)c1OC. The molecule has 0 fully saturated rings. The Hall–Kier alpha value is -1.97. The predicted molar refractivity (Wildman–Crippen MR) is 71.8 cm³/mol. The largest absolute Gasteiger partial charge is 0.496 e. The normalized spacial score (nSPS) is 10.7. The molecule has 0 bridgehead atoms. The fourth-order valence-corrected chi connectivity index (χ4v) is 2.22. The van der Waals surface area contributed by atoms with Crippen LogP contribution in [-0.2, 0) is 6.42 Å². The van der Waals surface area contributed by atoms with Crippen LogP contribution in [0.5, 0.6) is 5.75 Å². The van der Waals surface area contributed by atoms with Crippen molar-refractivity contribution in [1.82, 2.24) is 4.98 Å². The van der Waals surface area contributed by atoms with Crippen LogP contribution in [0.25, 0.3) is 11.3 Å². The van der Waals surface area contributed by atoms with E-state index in [4.69, 9.17) is 14.9 Å². The highest BCUT2D eigenvalue weighted by Gasteiger charge is 2.17. The Morgan fingerprint density at radius 1 is 1.33 bits per heavy atom. The third-order valence-corrected chi connectivity index (χ3v) is 2.91. The molecule has 0 spiro atoms. The first-order valence-corrected chi connectivity index (χ1v) is 5.97. The van der Waals surface area contributed by atoms with E-state index in [0.717, 1.165) is 40.3 Å². The third-order valence-electron chi connectivity index (χ3n) is 2.91. The van der Waals surface area contributed by atoms with E-state index < -0.39 is 0 Å². The quantitative estimate of drug-likeness (QED) is 0.903. The number of ether oxygens (including phenoxy) is 1. The Labute approximate surface area is 107 Å². The number of hydrogen-bond donors (Lipinski definition) is 1. The minimum atomic E-state index is 0.197. The van der Waals surface area contributed by atoms with Crippen molar-refractivity contribution in [3.05, 3.63) is 29.0 Å². The predicted octanol–water partition coefficient (Wildman–Crippen LogP) is 3.11. The molecule has 2 aromatic rings. The van der Waals surface area contributed by atoms with Gasteiger partial charge < -0.3 is 14.9 Å². The van der Waals surface area contributed by atoms with Gasteiger partial charge in [-0.2, -0.15) is 4.98 Å². The molecule has 18 heavy (non-hydrogen) atoms. The fraction of sp³-hybridized carbons (Fsp3) is 0.357. The number of nitrogen functional groups attached to an aromatic ring is 1. The standard InChI is InChI=1S/C14H18N2O2/c1-5-11-12(16-14(15)18-11)10-7-8(2)6-9(3)13(10)17-4/h6-7H,5H2,1-4H3,(H2,15,16). The average molecular weight is 246 g/mol. The molecule has 0 saturated carbocycles. The molecule has 4 nitrogen and oxygen atoms in total. The van der Waals surface area contributed by atoms with E-state index in [1.54, 1.807) is 7.11 Å². The summed E-state index contributed by atoms with van der Waals surface area (Å²) >= 11 is 0. The van der Waals surface area contributed by atoms with Crippen LogP contribution in [0.15, 0.2) is 16.5 Å². The second-order valence-corrected chi connectivity index (χ2v) is 4.34. The van der Waals surface area contributed by atoms with Crippen LogP contribution in [0.2, 0.25) is 0 Å². The van der Waals surface area contributed by atoms with Crippen LogP contribution in [0, 0.1) is 13.8 Å². The topological polar surface area (TPSA) is 61.3 Å². The number of nitrogens with zero attached hydrogens (tertiary/aromatic N) is 1. The Bertz CT molecular complexity index is 573. The Morgan fingerprint density at radius 2 is 2.06 bits per heavy atom. The number of anilines is 1. The van der Waals surface area contributed by atoms with Gasteiger partial charge >= 0.3 is 0 Å². The molecule has 96 valence electrons. The number of methoxy groups -OCH3 is 1. The van der Waals surface area contributed by atoms with Crippen LogP contribution >= 0.6 is 0 Å². The lowest BCUT2D eigenvalue weighted by molar-refractivity contribution is 0.413. The average Bonchev–Trinajstić information content (AvgIpc) is 2.69. The van der Waals surface area contributed by atoms with Gasteiger partial charge in [-0.25, -0.2) is 0 Å². The molecule has 1 heterocycles. The summed E-state index contributed by atoms with van der Waals surface area (Å²) in [4.78, 5) is 4.27. The summed E-state index contributed by atoms with van der Waals surface area (Å²) in [6, 6.07) is 4.32. The summed E-state index contributed by atoms with van der Waals surface area (Å²) in [6.45, 7) is 6.08. The van der Waals surface area contributed by atoms with Crippen molar-refractivity contribution in [2.75, 3.05) is 12.8 Å². The molecule has 1 aromatic carbocycles. The lowest BCUT2D eigenvalue weighted by Crippen LogP contribution is -1.95. The second-order valence-electron chi connectivity index (χ2n) is 4.34. The second kappa shape index (κ2) is 4.72. The first kappa shape index (κ1) is 12.5. The van der Waals surface area contributed by atoms with Gasteiger partial charge in [-0.05, 0) is 31.0 Å². The summed E-state index contributed by atoms with van der Waals surface area (Å²) in [7, 11) is 1.66. The maximum absolute atomic E-state index is 5.64. The Kier molecular flexibility index (Phi) is 3.28. The smallest absolute Gasteiger partial charge is 0.292 e. The van der Waals surface area contributed by atoms with Crippen LogP contribution in [-0.4, -0.2) is 12.1 Å². The Balaban J connectivity index is 2.69. The molecule has 0 atom stereocenters. The van der Waals surface area contributed by atoms with Gasteiger partial charge in [-0.3, -0.25) is 0 Å². The lowest BCUT2D eigenvalue weighted by Gasteiger charge is -2.11. The number of oxazole rings is 1. The number of nitrogens with two attached hydrogens (primary N) is 1. The molecule has 0 radical (unpaired) electrons. The molecule has 0 amide bonds. The summed E-state index contributed by atoms with van der Waals surface area (Å²) in [5.74, 6) is 1.61. The third kappa shape index (κ3) is 2.06. The van der Waals surface area contributed by atoms with Gasteiger partial charge in [-0.15, -0.1) is 0 Å². The molecule has 1 aromatic heterocycles. The number of hydrogen-bond acceptors (Lipinski definition) is 4. The van der Waals surface area contributed by atoms with Gasteiger partial charge in [0.05, 0.1) is 7.11 Å². The first-order valence-electron chi connectivity index (χ1n) is 5.97.